The van der Waals surface area contributed by atoms with E-state index < -0.39 is 0 Å². The Bertz CT molecular complexity index is 1220. The number of nitrogens with zero attached hydrogens (tertiary/aromatic N) is 3. The Hall–Kier alpha value is -2.97. The minimum absolute atomic E-state index is 0.0552. The highest BCUT2D eigenvalue weighted by Gasteiger charge is 2.31. The molecule has 0 spiro atoms. The number of hydrogen-bond donors (Lipinski definition) is 2. The highest BCUT2D eigenvalue weighted by molar-refractivity contribution is 7.20. The van der Waals surface area contributed by atoms with E-state index in [2.05, 4.69) is 51.3 Å². The van der Waals surface area contributed by atoms with Gasteiger partial charge in [0.05, 0.1) is 4.70 Å². The van der Waals surface area contributed by atoms with Crippen LogP contribution in [0.15, 0.2) is 42.7 Å². The first-order valence-electron chi connectivity index (χ1n) is 11.0. The molecule has 4 aromatic rings. The third kappa shape index (κ3) is 4.20. The van der Waals surface area contributed by atoms with Gasteiger partial charge in [0.25, 0.3) is 5.19 Å². The molecule has 8 heteroatoms. The fraction of sp³-hybridized carbons (Fsp3) is 0.375. The fourth-order valence-corrected chi connectivity index (χ4v) is 5.59. The molecule has 0 saturated carbocycles. The molecule has 3 atom stereocenters. The van der Waals surface area contributed by atoms with Crippen molar-refractivity contribution in [2.75, 3.05) is 0 Å². The van der Waals surface area contributed by atoms with Crippen LogP contribution in [0.25, 0.3) is 21.3 Å². The van der Waals surface area contributed by atoms with Crippen molar-refractivity contribution in [1.29, 1.82) is 0 Å². The van der Waals surface area contributed by atoms with Crippen LogP contribution in [0, 0.1) is 0 Å². The molecule has 0 radical (unpaired) electrons. The van der Waals surface area contributed by atoms with Gasteiger partial charge in [-0.3, -0.25) is 9.69 Å². The Morgan fingerprint density at radius 3 is 2.84 bits per heavy atom. The molecule has 7 nitrogen and oxygen atoms in total. The molecule has 166 valence electrons. The minimum atomic E-state index is 0.0552. The molecular weight excluding hydrogens is 422 g/mol. The number of ether oxygens (including phenoxy) is 1. The molecular formula is C24H27N5O2S. The third-order valence-electron chi connectivity index (χ3n) is 6.23. The quantitative estimate of drug-likeness (QED) is 0.455. The van der Waals surface area contributed by atoms with Gasteiger partial charge in [0.15, 0.2) is 5.65 Å². The predicted molar refractivity (Wildman–Crippen MR) is 127 cm³/mol. The molecule has 3 aromatic heterocycles. The number of benzene rings is 1. The van der Waals surface area contributed by atoms with Crippen molar-refractivity contribution in [3.63, 3.8) is 0 Å². The van der Waals surface area contributed by atoms with Gasteiger partial charge in [0.2, 0.25) is 5.91 Å². The summed E-state index contributed by atoms with van der Waals surface area (Å²) >= 11 is 1.49. The minimum Gasteiger partial charge on any atom is -0.431 e. The lowest BCUT2D eigenvalue weighted by Crippen LogP contribution is -2.52. The molecule has 5 rings (SSSR count). The summed E-state index contributed by atoms with van der Waals surface area (Å²) in [5.74, 6) is 0.808. The van der Waals surface area contributed by atoms with Crippen molar-refractivity contribution in [3.8, 4) is 10.9 Å². The van der Waals surface area contributed by atoms with E-state index in [1.165, 1.54) is 22.3 Å². The number of H-pyrrole nitrogens is 1. The topological polar surface area (TPSA) is 83.1 Å². The number of pyridine rings is 1. The number of amides is 1. The van der Waals surface area contributed by atoms with Crippen molar-refractivity contribution in [1.82, 2.24) is 25.2 Å². The van der Waals surface area contributed by atoms with Crippen LogP contribution < -0.4 is 10.1 Å². The molecule has 1 fully saturated rings. The molecule has 1 aromatic carbocycles. The second kappa shape index (κ2) is 8.52. The Morgan fingerprint density at radius 1 is 1.28 bits per heavy atom. The molecule has 2 N–H and O–H groups in total. The van der Waals surface area contributed by atoms with Crippen LogP contribution in [-0.2, 0) is 11.3 Å². The average Bonchev–Trinajstić information content (AvgIpc) is 3.33. The second-order valence-electron chi connectivity index (χ2n) is 8.67. The van der Waals surface area contributed by atoms with Crippen molar-refractivity contribution < 1.29 is 9.53 Å². The lowest BCUT2D eigenvalue weighted by molar-refractivity contribution is -0.120. The summed E-state index contributed by atoms with van der Waals surface area (Å²) in [5, 5.41) is 4.89. The van der Waals surface area contributed by atoms with Gasteiger partial charge >= 0.3 is 0 Å². The number of aromatic amines is 1. The molecule has 1 unspecified atom stereocenters. The predicted octanol–water partition coefficient (Wildman–Crippen LogP) is 4.84. The van der Waals surface area contributed by atoms with Gasteiger partial charge in [-0.1, -0.05) is 11.3 Å². The zero-order valence-corrected chi connectivity index (χ0v) is 19.3. The second-order valence-corrected chi connectivity index (χ2v) is 9.66. The fourth-order valence-electron chi connectivity index (χ4n) is 4.79. The van der Waals surface area contributed by atoms with Gasteiger partial charge in [-0.15, -0.1) is 0 Å². The first-order valence-corrected chi connectivity index (χ1v) is 11.8. The normalized spacial score (nSPS) is 21.8. The third-order valence-corrected chi connectivity index (χ3v) is 7.12. The van der Waals surface area contributed by atoms with Gasteiger partial charge < -0.3 is 15.0 Å². The molecule has 1 aliphatic heterocycles. The van der Waals surface area contributed by atoms with Gasteiger partial charge in [0, 0.05) is 61.0 Å². The zero-order chi connectivity index (χ0) is 22.2. The number of aromatic nitrogens is 3. The van der Waals surface area contributed by atoms with E-state index >= 15 is 0 Å². The highest BCUT2D eigenvalue weighted by atomic mass is 32.1. The number of piperidine rings is 1. The van der Waals surface area contributed by atoms with E-state index in [0.717, 1.165) is 35.4 Å². The van der Waals surface area contributed by atoms with E-state index in [1.807, 2.05) is 24.3 Å². The lowest BCUT2D eigenvalue weighted by Gasteiger charge is -2.42. The van der Waals surface area contributed by atoms with Crippen LogP contribution in [0.3, 0.4) is 0 Å². The summed E-state index contributed by atoms with van der Waals surface area (Å²) in [5.41, 5.74) is 3.03. The van der Waals surface area contributed by atoms with Crippen LogP contribution in [0.5, 0.6) is 10.9 Å². The maximum absolute atomic E-state index is 11.5. The molecule has 32 heavy (non-hydrogen) atoms. The van der Waals surface area contributed by atoms with Crippen molar-refractivity contribution in [2.45, 2.75) is 58.3 Å². The molecule has 0 bridgehead atoms. The van der Waals surface area contributed by atoms with Crippen molar-refractivity contribution in [2.24, 2.45) is 0 Å². The highest BCUT2D eigenvalue weighted by Crippen LogP contribution is 2.33. The first-order chi connectivity index (χ1) is 15.5. The van der Waals surface area contributed by atoms with E-state index in [4.69, 9.17) is 4.74 Å². The summed E-state index contributed by atoms with van der Waals surface area (Å²) in [6.45, 7) is 6.97. The Kier molecular flexibility index (Phi) is 5.57. The Balaban J connectivity index is 1.31. The van der Waals surface area contributed by atoms with E-state index in [9.17, 15) is 4.79 Å². The van der Waals surface area contributed by atoms with Gasteiger partial charge in [-0.2, -0.15) is 4.98 Å². The Labute approximate surface area is 190 Å². The number of carbonyl (C=O) groups excluding carboxylic acids is 1. The summed E-state index contributed by atoms with van der Waals surface area (Å²) in [4.78, 5) is 26.1. The summed E-state index contributed by atoms with van der Waals surface area (Å²) in [6.07, 6.45) is 5.78. The molecule has 1 amide bonds. The van der Waals surface area contributed by atoms with Gasteiger partial charge in [-0.05, 0) is 56.5 Å². The van der Waals surface area contributed by atoms with E-state index in [1.54, 1.807) is 13.1 Å². The maximum atomic E-state index is 11.5. The van der Waals surface area contributed by atoms with Crippen LogP contribution in [0.1, 0.15) is 39.2 Å². The van der Waals surface area contributed by atoms with Crippen LogP contribution in [-0.4, -0.2) is 43.9 Å². The van der Waals surface area contributed by atoms with E-state index in [0.29, 0.717) is 22.9 Å². The molecule has 1 aliphatic rings. The van der Waals surface area contributed by atoms with Crippen molar-refractivity contribution in [3.05, 3.63) is 48.3 Å². The average molecular weight is 450 g/mol. The van der Waals surface area contributed by atoms with Crippen LogP contribution in [0.2, 0.25) is 0 Å². The van der Waals surface area contributed by atoms with E-state index in [-0.39, 0.29) is 11.9 Å². The van der Waals surface area contributed by atoms with Crippen LogP contribution >= 0.6 is 11.3 Å². The largest absolute Gasteiger partial charge is 0.431 e. The number of hydrogen-bond acceptors (Lipinski definition) is 6. The van der Waals surface area contributed by atoms with Gasteiger partial charge in [-0.25, -0.2) is 4.98 Å². The lowest BCUT2D eigenvalue weighted by atomic mass is 9.92. The monoisotopic (exact) mass is 449 g/mol. The maximum Gasteiger partial charge on any atom is 0.281 e. The summed E-state index contributed by atoms with van der Waals surface area (Å²) in [7, 11) is 0. The standard InChI is InChI=1S/C24H27N5O2S/c1-14-9-18(27-16(3)30)10-15(2)29(14)13-17-12-26-21-11-19(6-7-20(17)21)31-24-28-23-22(32-24)5-4-8-25-23/h4-8,11-12,14-15,18,26H,9-10,13H2,1-3H3,(H,27,30)/t14-,15?,18+/m0/s1. The number of thiazole rings is 1. The first kappa shape index (κ1) is 20.9. The number of fused-ring (bicyclic) bond motifs is 2. The SMILES string of the molecule is CC(=O)N[C@H]1CC(C)N(Cc2c[nH]c3cc(Oc4nc5ncccc5s4)ccc23)[C@@H](C)C1. The summed E-state index contributed by atoms with van der Waals surface area (Å²) < 4.78 is 7.02. The number of nitrogens with one attached hydrogen (secondary N) is 2. The summed E-state index contributed by atoms with van der Waals surface area (Å²) in [6, 6.07) is 11.1. The number of carbonyl (C=O) groups is 1. The Morgan fingerprint density at radius 2 is 2.09 bits per heavy atom. The molecule has 4 heterocycles. The molecule has 0 aliphatic carbocycles. The molecule has 1 saturated heterocycles. The smallest absolute Gasteiger partial charge is 0.281 e. The van der Waals surface area contributed by atoms with Crippen molar-refractivity contribution >= 4 is 38.5 Å². The zero-order valence-electron chi connectivity index (χ0n) is 18.5. The van der Waals surface area contributed by atoms with Gasteiger partial charge in [0.1, 0.15) is 5.75 Å². The van der Waals surface area contributed by atoms with Crippen LogP contribution in [0.4, 0.5) is 0 Å². The number of likely N-dealkylation sites (tertiary alicyclic amines) is 1. The number of rotatable bonds is 5.